The molecule has 1 aliphatic heterocycles. The normalized spacial score (nSPS) is 15.2. The van der Waals surface area contributed by atoms with Crippen molar-refractivity contribution in [2.45, 2.75) is 32.1 Å². The average molecular weight is 395 g/mol. The van der Waals surface area contributed by atoms with Gasteiger partial charge in [-0.1, -0.05) is 5.16 Å². The average Bonchev–Trinajstić information content (AvgIpc) is 3.23. The molecule has 0 aliphatic carbocycles. The Balaban J connectivity index is 0.00000210. The summed E-state index contributed by atoms with van der Waals surface area (Å²) >= 11 is 0. The summed E-state index contributed by atoms with van der Waals surface area (Å²) in [7, 11) is 1.63. The molecule has 0 atom stereocenters. The molecule has 0 aromatic carbocycles. The van der Waals surface area contributed by atoms with Crippen LogP contribution >= 0.6 is 12.4 Å². The molecule has 146 valence electrons. The highest BCUT2D eigenvalue weighted by molar-refractivity contribution is 5.85. The van der Waals surface area contributed by atoms with Gasteiger partial charge in [-0.25, -0.2) is 4.52 Å². The molecule has 1 aliphatic rings. The Labute approximate surface area is 161 Å². The smallest absolute Gasteiger partial charge is 0.263 e. The number of nitrogens with zero attached hydrogens (tertiary/aromatic N) is 4. The molecule has 4 rings (SSSR count). The monoisotopic (exact) mass is 394 g/mol. The van der Waals surface area contributed by atoms with Crippen LogP contribution in [0.15, 0.2) is 15.4 Å². The molecule has 0 amide bonds. The van der Waals surface area contributed by atoms with Crippen LogP contribution in [0, 0.1) is 6.92 Å². The second-order valence-corrected chi connectivity index (χ2v) is 6.56. The quantitative estimate of drug-likeness (QED) is 0.673. The lowest BCUT2D eigenvalue weighted by molar-refractivity contribution is 0.199. The third kappa shape index (κ3) is 3.76. The first kappa shape index (κ1) is 19.5. The van der Waals surface area contributed by atoms with Gasteiger partial charge in [0, 0.05) is 25.5 Å². The van der Waals surface area contributed by atoms with E-state index in [1.54, 1.807) is 13.2 Å². The second kappa shape index (κ2) is 8.20. The fourth-order valence-corrected chi connectivity index (χ4v) is 3.49. The second-order valence-electron chi connectivity index (χ2n) is 6.56. The summed E-state index contributed by atoms with van der Waals surface area (Å²) in [4.78, 5) is 19.6. The van der Waals surface area contributed by atoms with E-state index in [9.17, 15) is 4.79 Å². The van der Waals surface area contributed by atoms with Gasteiger partial charge in [0.05, 0.1) is 18.0 Å². The van der Waals surface area contributed by atoms with Gasteiger partial charge < -0.3 is 19.6 Å². The molecule has 0 radical (unpaired) electrons. The van der Waals surface area contributed by atoms with Crippen LogP contribution in [0.4, 0.5) is 0 Å². The number of methoxy groups -OCH3 is 1. The summed E-state index contributed by atoms with van der Waals surface area (Å²) in [5.74, 6) is 1.23. The molecule has 0 saturated carbocycles. The van der Waals surface area contributed by atoms with Crippen molar-refractivity contribution in [2.75, 3.05) is 26.8 Å². The first-order valence-corrected chi connectivity index (χ1v) is 8.82. The maximum absolute atomic E-state index is 12.3. The highest BCUT2D eigenvalue weighted by Crippen LogP contribution is 2.29. The maximum atomic E-state index is 12.3. The lowest BCUT2D eigenvalue weighted by Gasteiger charge is -2.23. The molecular formula is C17H23ClN6O3. The zero-order valence-corrected chi connectivity index (χ0v) is 16.1. The molecular weight excluding hydrogens is 372 g/mol. The van der Waals surface area contributed by atoms with E-state index in [4.69, 9.17) is 9.26 Å². The number of piperidine rings is 1. The molecule has 9 nitrogen and oxygen atoms in total. The third-order valence-electron chi connectivity index (χ3n) is 4.79. The first-order valence-electron chi connectivity index (χ1n) is 8.82. The molecule has 1 fully saturated rings. The Morgan fingerprint density at radius 1 is 1.37 bits per heavy atom. The van der Waals surface area contributed by atoms with Gasteiger partial charge in [-0.05, 0) is 32.9 Å². The van der Waals surface area contributed by atoms with E-state index in [1.807, 2.05) is 11.4 Å². The number of nitrogens with one attached hydrogen (secondary N) is 2. The van der Waals surface area contributed by atoms with Gasteiger partial charge in [0.1, 0.15) is 11.2 Å². The fraction of sp³-hybridized carbons (Fsp3) is 0.529. The zero-order valence-electron chi connectivity index (χ0n) is 15.3. The van der Waals surface area contributed by atoms with Crippen LogP contribution in [0.3, 0.4) is 0 Å². The van der Waals surface area contributed by atoms with Gasteiger partial charge in [-0.3, -0.25) is 4.79 Å². The molecule has 0 unspecified atom stereocenters. The van der Waals surface area contributed by atoms with Crippen LogP contribution in [0.2, 0.25) is 0 Å². The number of ether oxygens (including phenoxy) is 1. The Hall–Kier alpha value is -2.23. The molecule has 3 aromatic rings. The van der Waals surface area contributed by atoms with E-state index >= 15 is 0 Å². The van der Waals surface area contributed by atoms with Gasteiger partial charge in [0.15, 0.2) is 5.82 Å². The van der Waals surface area contributed by atoms with Gasteiger partial charge >= 0.3 is 0 Å². The lowest BCUT2D eigenvalue weighted by atomic mass is 9.94. The van der Waals surface area contributed by atoms with Gasteiger partial charge in [-0.2, -0.15) is 10.1 Å². The number of hydrogen-bond acceptors (Lipinski definition) is 7. The van der Waals surface area contributed by atoms with Crippen molar-refractivity contribution in [1.82, 2.24) is 30.1 Å². The highest BCUT2D eigenvalue weighted by atomic mass is 35.5. The van der Waals surface area contributed by atoms with Crippen LogP contribution in [-0.2, 0) is 11.2 Å². The number of aromatic amines is 1. The SMILES string of the molecule is COCCc1noc(-c2c(C)nn3c(C4CCNCC4)cc(=O)[nH]c23)n1.Cl. The number of halogens is 1. The summed E-state index contributed by atoms with van der Waals surface area (Å²) in [6, 6.07) is 1.65. The Bertz CT molecular complexity index is 973. The van der Waals surface area contributed by atoms with Crippen molar-refractivity contribution >= 4 is 18.1 Å². The largest absolute Gasteiger partial charge is 0.384 e. The van der Waals surface area contributed by atoms with Crippen molar-refractivity contribution < 1.29 is 9.26 Å². The summed E-state index contributed by atoms with van der Waals surface area (Å²) in [6.07, 6.45) is 2.53. The Morgan fingerprint density at radius 2 is 2.15 bits per heavy atom. The summed E-state index contributed by atoms with van der Waals surface area (Å²) in [6.45, 7) is 4.28. The number of hydrogen-bond donors (Lipinski definition) is 2. The number of fused-ring (bicyclic) bond motifs is 1. The third-order valence-corrected chi connectivity index (χ3v) is 4.79. The number of aromatic nitrogens is 5. The predicted octanol–water partition coefficient (Wildman–Crippen LogP) is 1.46. The van der Waals surface area contributed by atoms with E-state index in [0.717, 1.165) is 37.3 Å². The molecule has 0 spiro atoms. The lowest BCUT2D eigenvalue weighted by Crippen LogP contribution is -2.28. The molecule has 10 heteroatoms. The van der Waals surface area contributed by atoms with Crippen molar-refractivity contribution in [3.8, 4) is 11.5 Å². The summed E-state index contributed by atoms with van der Waals surface area (Å²) < 4.78 is 12.3. The van der Waals surface area contributed by atoms with Gasteiger partial charge in [-0.15, -0.1) is 12.4 Å². The maximum Gasteiger partial charge on any atom is 0.263 e. The van der Waals surface area contributed by atoms with Crippen molar-refractivity contribution in [2.24, 2.45) is 0 Å². The minimum absolute atomic E-state index is 0. The standard InChI is InChI=1S/C17H22N6O3.ClH/c1-10-15(17-19-13(22-26-17)5-8-25-2)16-20-14(24)9-12(23(16)21-10)11-3-6-18-7-4-11;/h9,11,18H,3-8H2,1-2H3,(H,20,24);1H. The number of aryl methyl sites for hydroxylation is 1. The Morgan fingerprint density at radius 3 is 2.89 bits per heavy atom. The number of rotatable bonds is 5. The molecule has 3 aromatic heterocycles. The molecule has 2 N–H and O–H groups in total. The van der Waals surface area contributed by atoms with E-state index in [1.165, 1.54) is 0 Å². The van der Waals surface area contributed by atoms with E-state index < -0.39 is 0 Å². The Kier molecular flexibility index (Phi) is 5.93. The van der Waals surface area contributed by atoms with Crippen molar-refractivity contribution in [1.29, 1.82) is 0 Å². The van der Waals surface area contributed by atoms with Crippen molar-refractivity contribution in [3.63, 3.8) is 0 Å². The van der Waals surface area contributed by atoms with Crippen LogP contribution in [0.5, 0.6) is 0 Å². The predicted molar refractivity (Wildman–Crippen MR) is 102 cm³/mol. The van der Waals surface area contributed by atoms with E-state index in [0.29, 0.717) is 41.9 Å². The van der Waals surface area contributed by atoms with Crippen LogP contribution in [-0.4, -0.2) is 51.5 Å². The first-order chi connectivity index (χ1) is 12.7. The fourth-order valence-electron chi connectivity index (χ4n) is 3.49. The van der Waals surface area contributed by atoms with E-state index in [2.05, 4.69) is 25.5 Å². The zero-order chi connectivity index (χ0) is 18.1. The van der Waals surface area contributed by atoms with Crippen LogP contribution in [0.25, 0.3) is 17.1 Å². The van der Waals surface area contributed by atoms with Crippen LogP contribution in [0.1, 0.15) is 36.0 Å². The van der Waals surface area contributed by atoms with Crippen molar-refractivity contribution in [3.05, 3.63) is 33.6 Å². The summed E-state index contributed by atoms with van der Waals surface area (Å²) in [5, 5.41) is 12.0. The molecule has 1 saturated heterocycles. The molecule has 0 bridgehead atoms. The highest BCUT2D eigenvalue weighted by Gasteiger charge is 2.24. The van der Waals surface area contributed by atoms with Gasteiger partial charge in [0.25, 0.3) is 11.4 Å². The van der Waals surface area contributed by atoms with Crippen LogP contribution < -0.4 is 10.9 Å². The number of H-pyrrole nitrogens is 1. The van der Waals surface area contributed by atoms with Gasteiger partial charge in [0.2, 0.25) is 0 Å². The molecule has 4 heterocycles. The summed E-state index contributed by atoms with van der Waals surface area (Å²) in [5.41, 5.74) is 2.80. The van der Waals surface area contributed by atoms with E-state index in [-0.39, 0.29) is 18.0 Å². The molecule has 27 heavy (non-hydrogen) atoms. The minimum Gasteiger partial charge on any atom is -0.384 e. The topological polar surface area (TPSA) is 110 Å². The minimum atomic E-state index is -0.147.